The molecule has 2 heterocycles. The van der Waals surface area contributed by atoms with Crippen molar-refractivity contribution in [3.8, 4) is 0 Å². The second kappa shape index (κ2) is 6.25. The van der Waals surface area contributed by atoms with Gasteiger partial charge < -0.3 is 10.2 Å². The van der Waals surface area contributed by atoms with Crippen molar-refractivity contribution in [3.05, 3.63) is 17.2 Å². The van der Waals surface area contributed by atoms with Gasteiger partial charge in [0.05, 0.1) is 28.5 Å². The maximum absolute atomic E-state index is 12.7. The molecule has 1 fully saturated rings. The van der Waals surface area contributed by atoms with Crippen molar-refractivity contribution in [1.29, 1.82) is 0 Å². The number of benzene rings is 1. The molecule has 1 aromatic heterocycles. The zero-order valence-electron chi connectivity index (χ0n) is 11.8. The lowest BCUT2D eigenvalue weighted by Crippen LogP contribution is -2.51. The van der Waals surface area contributed by atoms with Gasteiger partial charge in [-0.05, 0) is 37.9 Å². The van der Waals surface area contributed by atoms with Crippen molar-refractivity contribution in [2.75, 3.05) is 18.0 Å². The molecule has 1 saturated heterocycles. The average molecular weight is 325 g/mol. The average Bonchev–Trinajstić information content (AvgIpc) is 2.95. The SMILES string of the molecule is CCCNC1CCCN(c2c(Cl)ccc3nsnc23)C1=O. The lowest BCUT2D eigenvalue weighted by molar-refractivity contribution is -0.121. The molecular weight excluding hydrogens is 308 g/mol. The maximum atomic E-state index is 12.7. The Bertz CT molecular complexity index is 659. The Balaban J connectivity index is 1.95. The van der Waals surface area contributed by atoms with Gasteiger partial charge in [0.15, 0.2) is 0 Å². The fourth-order valence-electron chi connectivity index (χ4n) is 2.68. The number of piperidine rings is 1. The maximum Gasteiger partial charge on any atom is 0.244 e. The third-order valence-electron chi connectivity index (χ3n) is 3.70. The van der Waals surface area contributed by atoms with Gasteiger partial charge >= 0.3 is 0 Å². The summed E-state index contributed by atoms with van der Waals surface area (Å²) in [6.45, 7) is 3.62. The number of aromatic nitrogens is 2. The van der Waals surface area contributed by atoms with E-state index in [0.717, 1.165) is 48.6 Å². The van der Waals surface area contributed by atoms with Gasteiger partial charge in [0.2, 0.25) is 5.91 Å². The van der Waals surface area contributed by atoms with Gasteiger partial charge in [0.25, 0.3) is 0 Å². The van der Waals surface area contributed by atoms with Crippen LogP contribution in [-0.4, -0.2) is 33.8 Å². The number of hydrogen-bond donors (Lipinski definition) is 1. The van der Waals surface area contributed by atoms with Crippen molar-refractivity contribution in [2.24, 2.45) is 0 Å². The van der Waals surface area contributed by atoms with Gasteiger partial charge in [-0.15, -0.1) is 0 Å². The zero-order chi connectivity index (χ0) is 14.8. The van der Waals surface area contributed by atoms with Crippen LogP contribution >= 0.6 is 23.3 Å². The van der Waals surface area contributed by atoms with E-state index in [0.29, 0.717) is 17.3 Å². The largest absolute Gasteiger partial charge is 0.308 e. The predicted molar refractivity (Wildman–Crippen MR) is 86.1 cm³/mol. The third kappa shape index (κ3) is 2.75. The molecule has 3 rings (SSSR count). The summed E-state index contributed by atoms with van der Waals surface area (Å²) >= 11 is 7.48. The molecule has 7 heteroatoms. The number of rotatable bonds is 4. The molecule has 2 aromatic rings. The van der Waals surface area contributed by atoms with Crippen molar-refractivity contribution < 1.29 is 4.79 Å². The van der Waals surface area contributed by atoms with Gasteiger partial charge in [-0.1, -0.05) is 18.5 Å². The molecule has 1 aliphatic rings. The first-order valence-corrected chi connectivity index (χ1v) is 8.28. The van der Waals surface area contributed by atoms with E-state index < -0.39 is 0 Å². The van der Waals surface area contributed by atoms with E-state index in [1.165, 1.54) is 0 Å². The molecule has 21 heavy (non-hydrogen) atoms. The Hall–Kier alpha value is -1.24. The quantitative estimate of drug-likeness (QED) is 0.939. The monoisotopic (exact) mass is 324 g/mol. The van der Waals surface area contributed by atoms with E-state index in [2.05, 4.69) is 21.0 Å². The number of carbonyl (C=O) groups is 1. The molecule has 5 nitrogen and oxygen atoms in total. The summed E-state index contributed by atoms with van der Waals surface area (Å²) in [6, 6.07) is 3.50. The Morgan fingerprint density at radius 1 is 1.48 bits per heavy atom. The molecule has 1 amide bonds. The van der Waals surface area contributed by atoms with E-state index >= 15 is 0 Å². The van der Waals surface area contributed by atoms with Crippen molar-refractivity contribution in [1.82, 2.24) is 14.1 Å². The first kappa shape index (κ1) is 14.7. The fraction of sp³-hybridized carbons (Fsp3) is 0.500. The first-order chi connectivity index (χ1) is 10.2. The summed E-state index contributed by atoms with van der Waals surface area (Å²) in [6.07, 6.45) is 2.84. The number of amides is 1. The van der Waals surface area contributed by atoms with E-state index in [1.807, 2.05) is 6.07 Å². The van der Waals surface area contributed by atoms with E-state index in [4.69, 9.17) is 11.6 Å². The summed E-state index contributed by atoms with van der Waals surface area (Å²) in [4.78, 5) is 14.5. The highest BCUT2D eigenvalue weighted by Gasteiger charge is 2.31. The fourth-order valence-corrected chi connectivity index (χ4v) is 3.47. The summed E-state index contributed by atoms with van der Waals surface area (Å²) in [7, 11) is 0. The van der Waals surface area contributed by atoms with Crippen LogP contribution in [-0.2, 0) is 4.79 Å². The molecule has 0 aliphatic carbocycles. The molecular formula is C14H17ClN4OS. The highest BCUT2D eigenvalue weighted by molar-refractivity contribution is 7.00. The Morgan fingerprint density at radius 3 is 3.14 bits per heavy atom. The normalized spacial score (nSPS) is 19.4. The van der Waals surface area contributed by atoms with Crippen LogP contribution < -0.4 is 10.2 Å². The molecule has 0 bridgehead atoms. The van der Waals surface area contributed by atoms with Crippen LogP contribution in [0.1, 0.15) is 26.2 Å². The lowest BCUT2D eigenvalue weighted by Gasteiger charge is -2.33. The molecule has 1 unspecified atom stereocenters. The molecule has 1 aliphatic heterocycles. The minimum Gasteiger partial charge on any atom is -0.308 e. The van der Waals surface area contributed by atoms with Crippen molar-refractivity contribution >= 4 is 46.0 Å². The Morgan fingerprint density at radius 2 is 2.33 bits per heavy atom. The summed E-state index contributed by atoms with van der Waals surface area (Å²) in [5.74, 6) is 0.0806. The number of halogens is 1. The minimum atomic E-state index is -0.128. The standard InChI is InChI=1S/C14H17ClN4OS/c1-2-7-16-11-4-3-8-19(14(11)20)13-9(15)5-6-10-12(13)18-21-17-10/h5-6,11,16H,2-4,7-8H2,1H3. The highest BCUT2D eigenvalue weighted by atomic mass is 35.5. The van der Waals surface area contributed by atoms with Crippen LogP contribution in [0, 0.1) is 0 Å². The second-order valence-corrected chi connectivity index (χ2v) is 6.10. The van der Waals surface area contributed by atoms with Gasteiger partial charge in [-0.3, -0.25) is 4.79 Å². The molecule has 1 aromatic carbocycles. The number of carbonyl (C=O) groups excluding carboxylic acids is 1. The Kier molecular flexibility index (Phi) is 4.37. The third-order valence-corrected chi connectivity index (χ3v) is 4.55. The van der Waals surface area contributed by atoms with Crippen LogP contribution in [0.3, 0.4) is 0 Å². The topological polar surface area (TPSA) is 58.1 Å². The summed E-state index contributed by atoms with van der Waals surface area (Å²) in [5, 5.41) is 3.87. The second-order valence-electron chi connectivity index (χ2n) is 5.17. The lowest BCUT2D eigenvalue weighted by atomic mass is 10.0. The van der Waals surface area contributed by atoms with E-state index in [1.54, 1.807) is 11.0 Å². The number of nitrogens with zero attached hydrogens (tertiary/aromatic N) is 3. The number of hydrogen-bond acceptors (Lipinski definition) is 5. The number of fused-ring (bicyclic) bond motifs is 1. The van der Waals surface area contributed by atoms with Gasteiger partial charge in [-0.25, -0.2) is 0 Å². The molecule has 0 radical (unpaired) electrons. The smallest absolute Gasteiger partial charge is 0.244 e. The minimum absolute atomic E-state index is 0.0806. The zero-order valence-corrected chi connectivity index (χ0v) is 13.4. The van der Waals surface area contributed by atoms with Crippen LogP contribution in [0.15, 0.2) is 12.1 Å². The summed E-state index contributed by atoms with van der Waals surface area (Å²) in [5.41, 5.74) is 2.21. The molecule has 112 valence electrons. The van der Waals surface area contributed by atoms with Crippen LogP contribution in [0.2, 0.25) is 5.02 Å². The predicted octanol–water partition coefficient (Wildman–Crippen LogP) is 2.84. The van der Waals surface area contributed by atoms with E-state index in [-0.39, 0.29) is 11.9 Å². The molecule has 1 N–H and O–H groups in total. The summed E-state index contributed by atoms with van der Waals surface area (Å²) < 4.78 is 8.54. The van der Waals surface area contributed by atoms with Gasteiger partial charge in [0.1, 0.15) is 11.0 Å². The van der Waals surface area contributed by atoms with Crippen molar-refractivity contribution in [2.45, 2.75) is 32.2 Å². The Labute approximate surface area is 132 Å². The molecule has 0 spiro atoms. The van der Waals surface area contributed by atoms with Gasteiger partial charge in [0, 0.05) is 6.54 Å². The first-order valence-electron chi connectivity index (χ1n) is 7.18. The highest BCUT2D eigenvalue weighted by Crippen LogP contribution is 2.35. The number of nitrogens with one attached hydrogen (secondary N) is 1. The van der Waals surface area contributed by atoms with Crippen LogP contribution in [0.25, 0.3) is 11.0 Å². The number of anilines is 1. The van der Waals surface area contributed by atoms with Gasteiger partial charge in [-0.2, -0.15) is 8.75 Å². The molecule has 1 atom stereocenters. The molecule has 0 saturated carbocycles. The van der Waals surface area contributed by atoms with Crippen LogP contribution in [0.5, 0.6) is 0 Å². The van der Waals surface area contributed by atoms with Crippen LogP contribution in [0.4, 0.5) is 5.69 Å². The van der Waals surface area contributed by atoms with E-state index in [9.17, 15) is 4.79 Å². The van der Waals surface area contributed by atoms with Crippen molar-refractivity contribution in [3.63, 3.8) is 0 Å².